The van der Waals surface area contributed by atoms with E-state index in [1.807, 2.05) is 36.4 Å². The molecule has 3 aromatic rings. The molecule has 1 aromatic heterocycles. The minimum absolute atomic E-state index is 0.00360. The lowest BCUT2D eigenvalue weighted by molar-refractivity contribution is 0.0202. The standard InChI is InChI=1S/C28H28BrN3O4/c1-28(2)21-11-16(24(33)15-7-9-31(10-8-15)18-13-32(14-18)27(35)36)3-5-19(21)25(34)23-20-6-4-17(29)12-22(20)30-26(23)28/h3-6,11-12,15,18,30H,7-10,13-14H2,1-2H3,(H,35,36). The molecule has 2 aromatic carbocycles. The van der Waals surface area contributed by atoms with Gasteiger partial charge in [-0.1, -0.05) is 48.0 Å². The quantitative estimate of drug-likeness (QED) is 0.445. The number of carbonyl (C=O) groups excluding carboxylic acids is 2. The third kappa shape index (κ3) is 3.53. The summed E-state index contributed by atoms with van der Waals surface area (Å²) in [4.78, 5) is 45.3. The van der Waals surface area contributed by atoms with Gasteiger partial charge in [0.25, 0.3) is 0 Å². The van der Waals surface area contributed by atoms with E-state index in [0.29, 0.717) is 24.2 Å². The van der Waals surface area contributed by atoms with Gasteiger partial charge in [0.05, 0.1) is 5.56 Å². The molecular weight excluding hydrogens is 522 g/mol. The highest BCUT2D eigenvalue weighted by molar-refractivity contribution is 9.10. The molecule has 0 atom stereocenters. The number of piperidine rings is 1. The van der Waals surface area contributed by atoms with Gasteiger partial charge >= 0.3 is 6.09 Å². The summed E-state index contributed by atoms with van der Waals surface area (Å²) in [5.74, 6) is 0.0716. The minimum atomic E-state index is -0.863. The monoisotopic (exact) mass is 549 g/mol. The second kappa shape index (κ2) is 8.28. The number of aromatic amines is 1. The lowest BCUT2D eigenvalue weighted by Gasteiger charge is -2.46. The topological polar surface area (TPSA) is 93.7 Å². The first-order chi connectivity index (χ1) is 17.1. The van der Waals surface area contributed by atoms with Crippen LogP contribution in [0.1, 0.15) is 64.2 Å². The molecule has 3 aliphatic rings. The van der Waals surface area contributed by atoms with E-state index in [-0.39, 0.29) is 23.5 Å². The Labute approximate surface area is 217 Å². The molecule has 0 bridgehead atoms. The van der Waals surface area contributed by atoms with Crippen LogP contribution in [0.3, 0.4) is 0 Å². The van der Waals surface area contributed by atoms with Gasteiger partial charge in [0.1, 0.15) is 0 Å². The van der Waals surface area contributed by atoms with Crippen molar-refractivity contribution in [2.45, 2.75) is 38.1 Å². The fraction of sp³-hybridized carbons (Fsp3) is 0.393. The fourth-order valence-electron chi connectivity index (χ4n) is 6.16. The molecule has 2 fully saturated rings. The van der Waals surface area contributed by atoms with Crippen molar-refractivity contribution in [1.82, 2.24) is 14.8 Å². The molecule has 0 unspecified atom stereocenters. The van der Waals surface area contributed by atoms with Gasteiger partial charge in [0, 0.05) is 62.7 Å². The predicted molar refractivity (Wildman–Crippen MR) is 140 cm³/mol. The van der Waals surface area contributed by atoms with Gasteiger partial charge in [-0.25, -0.2) is 4.79 Å². The second-order valence-electron chi connectivity index (χ2n) is 10.8. The lowest BCUT2D eigenvalue weighted by Crippen LogP contribution is -2.62. The average Bonchev–Trinajstić information content (AvgIpc) is 3.21. The Hall–Kier alpha value is -2.97. The van der Waals surface area contributed by atoms with E-state index < -0.39 is 11.5 Å². The number of nitrogens with zero attached hydrogens (tertiary/aromatic N) is 2. The normalized spacial score (nSPS) is 20.2. The number of likely N-dealkylation sites (tertiary alicyclic amines) is 2. The van der Waals surface area contributed by atoms with Gasteiger partial charge in [-0.05, 0) is 49.7 Å². The van der Waals surface area contributed by atoms with Crippen molar-refractivity contribution in [1.29, 1.82) is 0 Å². The number of Topliss-reactive ketones (excluding diaryl/α,β-unsaturated/α-hetero) is 1. The Morgan fingerprint density at radius 3 is 2.50 bits per heavy atom. The molecule has 2 saturated heterocycles. The van der Waals surface area contributed by atoms with E-state index in [1.165, 1.54) is 4.90 Å². The lowest BCUT2D eigenvalue weighted by atomic mass is 9.70. The molecule has 3 heterocycles. The number of benzene rings is 2. The molecule has 1 amide bonds. The zero-order valence-corrected chi connectivity index (χ0v) is 21.9. The zero-order chi connectivity index (χ0) is 25.4. The third-order valence-electron chi connectivity index (χ3n) is 8.38. The number of aromatic nitrogens is 1. The van der Waals surface area contributed by atoms with Crippen LogP contribution in [0, 0.1) is 5.92 Å². The van der Waals surface area contributed by atoms with E-state index in [2.05, 4.69) is 39.7 Å². The molecule has 0 saturated carbocycles. The SMILES string of the molecule is CC1(C)c2cc(C(=O)C3CCN(C4CN(C(=O)O)C4)CC3)ccc2C(=O)c2c1[nH]c1cc(Br)ccc21. The van der Waals surface area contributed by atoms with Crippen molar-refractivity contribution in [2.24, 2.45) is 5.92 Å². The van der Waals surface area contributed by atoms with Crippen LogP contribution in [0.5, 0.6) is 0 Å². The fourth-order valence-corrected chi connectivity index (χ4v) is 6.52. The number of hydrogen-bond acceptors (Lipinski definition) is 4. The number of halogens is 1. The summed E-state index contributed by atoms with van der Waals surface area (Å²) < 4.78 is 0.951. The summed E-state index contributed by atoms with van der Waals surface area (Å²) in [5.41, 5.74) is 4.29. The van der Waals surface area contributed by atoms with Gasteiger partial charge in [-0.3, -0.25) is 14.5 Å². The number of carbonyl (C=O) groups is 3. The number of amides is 1. The number of nitrogens with one attached hydrogen (secondary N) is 1. The maximum Gasteiger partial charge on any atom is 0.407 e. The number of fused-ring (bicyclic) bond motifs is 4. The molecule has 7 nitrogen and oxygen atoms in total. The van der Waals surface area contributed by atoms with E-state index >= 15 is 0 Å². The van der Waals surface area contributed by atoms with Crippen LogP contribution in [-0.2, 0) is 5.41 Å². The number of carboxylic acid groups (broad SMARTS) is 1. The summed E-state index contributed by atoms with van der Waals surface area (Å²) in [6.45, 7) is 6.92. The first-order valence-corrected chi connectivity index (χ1v) is 13.2. The molecule has 2 aliphatic heterocycles. The average molecular weight is 550 g/mol. The summed E-state index contributed by atoms with van der Waals surface area (Å²) in [6.07, 6.45) is 0.670. The van der Waals surface area contributed by atoms with Gasteiger partial charge in [0.2, 0.25) is 0 Å². The first kappa shape index (κ1) is 23.4. The summed E-state index contributed by atoms with van der Waals surface area (Å²) in [5, 5.41) is 9.99. The highest BCUT2D eigenvalue weighted by Crippen LogP contribution is 2.44. The van der Waals surface area contributed by atoms with Gasteiger partial charge in [0.15, 0.2) is 11.6 Å². The molecule has 6 rings (SSSR count). The summed E-state index contributed by atoms with van der Waals surface area (Å²) >= 11 is 3.52. The van der Waals surface area contributed by atoms with Crippen molar-refractivity contribution in [3.05, 3.63) is 68.8 Å². The van der Waals surface area contributed by atoms with Crippen LogP contribution in [0.15, 0.2) is 40.9 Å². The van der Waals surface area contributed by atoms with Crippen molar-refractivity contribution >= 4 is 44.5 Å². The molecule has 1 aliphatic carbocycles. The highest BCUT2D eigenvalue weighted by atomic mass is 79.9. The van der Waals surface area contributed by atoms with Crippen LogP contribution in [0.25, 0.3) is 10.9 Å². The van der Waals surface area contributed by atoms with Crippen molar-refractivity contribution in [3.63, 3.8) is 0 Å². The molecular formula is C28H28BrN3O4. The van der Waals surface area contributed by atoms with Gasteiger partial charge in [-0.15, -0.1) is 0 Å². The Balaban J connectivity index is 1.24. The minimum Gasteiger partial charge on any atom is -0.465 e. The number of hydrogen-bond donors (Lipinski definition) is 2. The van der Waals surface area contributed by atoms with E-state index in [1.54, 1.807) is 0 Å². The predicted octanol–water partition coefficient (Wildman–Crippen LogP) is 5.06. The van der Waals surface area contributed by atoms with Gasteiger partial charge in [-0.2, -0.15) is 0 Å². The van der Waals surface area contributed by atoms with Crippen LogP contribution < -0.4 is 0 Å². The second-order valence-corrected chi connectivity index (χ2v) is 11.7. The van der Waals surface area contributed by atoms with Crippen LogP contribution >= 0.6 is 15.9 Å². The number of rotatable bonds is 3. The van der Waals surface area contributed by atoms with Crippen LogP contribution in [-0.4, -0.2) is 69.8 Å². The maximum atomic E-state index is 13.6. The molecule has 2 N–H and O–H groups in total. The molecule has 186 valence electrons. The van der Waals surface area contributed by atoms with Crippen molar-refractivity contribution in [3.8, 4) is 0 Å². The van der Waals surface area contributed by atoms with E-state index in [0.717, 1.165) is 58.1 Å². The Morgan fingerprint density at radius 2 is 1.81 bits per heavy atom. The maximum absolute atomic E-state index is 13.6. The summed E-state index contributed by atoms with van der Waals surface area (Å²) in [6, 6.07) is 11.8. The Kier molecular flexibility index (Phi) is 5.39. The molecule has 8 heteroatoms. The van der Waals surface area contributed by atoms with E-state index in [9.17, 15) is 14.4 Å². The Bertz CT molecular complexity index is 1430. The number of ketones is 2. The third-order valence-corrected chi connectivity index (χ3v) is 8.88. The van der Waals surface area contributed by atoms with Gasteiger partial charge < -0.3 is 15.0 Å². The number of H-pyrrole nitrogens is 1. The van der Waals surface area contributed by atoms with Crippen LogP contribution in [0.4, 0.5) is 4.79 Å². The first-order valence-electron chi connectivity index (χ1n) is 12.4. The smallest absolute Gasteiger partial charge is 0.407 e. The largest absolute Gasteiger partial charge is 0.465 e. The molecule has 0 radical (unpaired) electrons. The highest BCUT2D eigenvalue weighted by Gasteiger charge is 2.41. The van der Waals surface area contributed by atoms with E-state index in [4.69, 9.17) is 5.11 Å². The molecule has 0 spiro atoms. The van der Waals surface area contributed by atoms with Crippen molar-refractivity contribution < 1.29 is 19.5 Å². The molecule has 36 heavy (non-hydrogen) atoms. The zero-order valence-electron chi connectivity index (χ0n) is 20.3. The van der Waals surface area contributed by atoms with Crippen LogP contribution in [0.2, 0.25) is 0 Å². The van der Waals surface area contributed by atoms with Crippen molar-refractivity contribution in [2.75, 3.05) is 26.2 Å². The summed E-state index contributed by atoms with van der Waals surface area (Å²) in [7, 11) is 0. The Morgan fingerprint density at radius 1 is 1.08 bits per heavy atom.